The fourth-order valence-electron chi connectivity index (χ4n) is 0.841. The molecule has 1 N–H and O–H groups in total. The van der Waals surface area contributed by atoms with Gasteiger partial charge >= 0.3 is 0 Å². The van der Waals surface area contributed by atoms with Crippen LogP contribution in [0.5, 0.6) is 0 Å². The Morgan fingerprint density at radius 3 is 3.18 bits per heavy atom. The summed E-state index contributed by atoms with van der Waals surface area (Å²) < 4.78 is 0. The molecule has 11 heavy (non-hydrogen) atoms. The van der Waals surface area contributed by atoms with E-state index in [4.69, 9.17) is 6.57 Å². The molecule has 0 bridgehead atoms. The van der Waals surface area contributed by atoms with Gasteiger partial charge in [0.1, 0.15) is 5.65 Å². The maximum atomic E-state index is 6.76. The lowest BCUT2D eigenvalue weighted by atomic mass is 10.4. The summed E-state index contributed by atoms with van der Waals surface area (Å²) >= 11 is 0. The second kappa shape index (κ2) is 2.02. The standard InChI is InChI=1S/C6H3N5/c1-7-5-4-2-10-11-6(4)9-3-8-5/h2-3H,(H,8,9,10,11). The van der Waals surface area contributed by atoms with Crippen LogP contribution in [0.25, 0.3) is 15.9 Å². The second-order valence-electron chi connectivity index (χ2n) is 1.94. The lowest BCUT2D eigenvalue weighted by Gasteiger charge is -1.86. The van der Waals surface area contributed by atoms with E-state index in [-0.39, 0.29) is 0 Å². The number of hydrogen-bond donors (Lipinski definition) is 1. The largest absolute Gasteiger partial charge is 0.360 e. The molecule has 0 saturated carbocycles. The summed E-state index contributed by atoms with van der Waals surface area (Å²) in [7, 11) is 0. The Hall–Kier alpha value is -1.96. The van der Waals surface area contributed by atoms with Gasteiger partial charge in [-0.25, -0.2) is 0 Å². The van der Waals surface area contributed by atoms with Crippen molar-refractivity contribution in [2.24, 2.45) is 0 Å². The van der Waals surface area contributed by atoms with Gasteiger partial charge in [0.05, 0.1) is 5.39 Å². The molecule has 2 rings (SSSR count). The van der Waals surface area contributed by atoms with Crippen molar-refractivity contribution >= 4 is 16.9 Å². The third-order valence-electron chi connectivity index (χ3n) is 1.33. The molecule has 0 unspecified atom stereocenters. The van der Waals surface area contributed by atoms with Crippen LogP contribution < -0.4 is 0 Å². The molecule has 0 radical (unpaired) electrons. The molecule has 0 aromatic carbocycles. The Morgan fingerprint density at radius 2 is 2.36 bits per heavy atom. The van der Waals surface area contributed by atoms with Crippen LogP contribution >= 0.6 is 0 Å². The first kappa shape index (κ1) is 5.80. The monoisotopic (exact) mass is 145 g/mol. The van der Waals surface area contributed by atoms with Crippen LogP contribution in [0.3, 0.4) is 0 Å². The summed E-state index contributed by atoms with van der Waals surface area (Å²) in [6.45, 7) is 6.76. The van der Waals surface area contributed by atoms with Crippen molar-refractivity contribution in [2.45, 2.75) is 0 Å². The summed E-state index contributed by atoms with van der Waals surface area (Å²) in [4.78, 5) is 10.9. The molecule has 0 atom stereocenters. The topological polar surface area (TPSA) is 58.8 Å². The molecule has 0 aliphatic heterocycles. The normalized spacial score (nSPS) is 9.73. The fourth-order valence-corrected chi connectivity index (χ4v) is 0.841. The van der Waals surface area contributed by atoms with E-state index in [1.165, 1.54) is 6.33 Å². The smallest absolute Gasteiger partial charge is 0.283 e. The van der Waals surface area contributed by atoms with Crippen LogP contribution in [0.4, 0.5) is 5.82 Å². The van der Waals surface area contributed by atoms with Gasteiger partial charge in [0.15, 0.2) is 0 Å². The van der Waals surface area contributed by atoms with Gasteiger partial charge in [-0.3, -0.25) is 5.10 Å². The molecule has 5 nitrogen and oxygen atoms in total. The van der Waals surface area contributed by atoms with Crippen LogP contribution in [0.2, 0.25) is 0 Å². The number of nitrogens with zero attached hydrogens (tertiary/aromatic N) is 4. The number of rotatable bonds is 0. The predicted octanol–water partition coefficient (Wildman–Crippen LogP) is 0.904. The molecule has 0 fully saturated rings. The molecule has 0 saturated heterocycles. The zero-order valence-corrected chi connectivity index (χ0v) is 5.44. The highest BCUT2D eigenvalue weighted by atomic mass is 15.1. The lowest BCUT2D eigenvalue weighted by Crippen LogP contribution is -1.78. The van der Waals surface area contributed by atoms with Crippen LogP contribution in [0, 0.1) is 6.57 Å². The Bertz CT molecular complexity index is 424. The van der Waals surface area contributed by atoms with Gasteiger partial charge in [-0.15, -0.1) is 4.98 Å². The Labute approximate surface area is 61.9 Å². The van der Waals surface area contributed by atoms with Crippen molar-refractivity contribution in [3.8, 4) is 0 Å². The molecule has 2 aromatic heterocycles. The van der Waals surface area contributed by atoms with Gasteiger partial charge in [0, 0.05) is 6.20 Å². The maximum Gasteiger partial charge on any atom is 0.283 e. The van der Waals surface area contributed by atoms with Crippen LogP contribution in [-0.4, -0.2) is 20.2 Å². The van der Waals surface area contributed by atoms with Gasteiger partial charge in [-0.2, -0.15) is 10.1 Å². The average Bonchev–Trinajstić information content (AvgIpc) is 2.50. The minimum Gasteiger partial charge on any atom is -0.360 e. The van der Waals surface area contributed by atoms with E-state index >= 15 is 0 Å². The fraction of sp³-hybridized carbons (Fsp3) is 0. The van der Waals surface area contributed by atoms with Crippen molar-refractivity contribution < 1.29 is 0 Å². The maximum absolute atomic E-state index is 6.76. The molecule has 2 heterocycles. The number of H-pyrrole nitrogens is 1. The van der Waals surface area contributed by atoms with Gasteiger partial charge in [-0.1, -0.05) is 6.57 Å². The second-order valence-corrected chi connectivity index (χ2v) is 1.94. The average molecular weight is 145 g/mol. The highest BCUT2D eigenvalue weighted by Crippen LogP contribution is 2.18. The third kappa shape index (κ3) is 0.730. The minimum absolute atomic E-state index is 0.337. The minimum atomic E-state index is 0.337. The van der Waals surface area contributed by atoms with Gasteiger partial charge < -0.3 is 4.85 Å². The Morgan fingerprint density at radius 1 is 1.45 bits per heavy atom. The SMILES string of the molecule is [C-]#[N+]c1ncnc2[nH]ncc12. The van der Waals surface area contributed by atoms with E-state index in [0.717, 1.165) is 0 Å². The summed E-state index contributed by atoms with van der Waals surface area (Å²) in [6, 6.07) is 0. The van der Waals surface area contributed by atoms with Crippen LogP contribution in [0.15, 0.2) is 12.5 Å². The van der Waals surface area contributed by atoms with Crippen molar-refractivity contribution in [1.29, 1.82) is 0 Å². The van der Waals surface area contributed by atoms with E-state index in [1.54, 1.807) is 6.20 Å². The predicted molar refractivity (Wildman–Crippen MR) is 37.9 cm³/mol. The van der Waals surface area contributed by atoms with E-state index in [0.29, 0.717) is 16.9 Å². The van der Waals surface area contributed by atoms with Gasteiger partial charge in [-0.05, 0) is 0 Å². The van der Waals surface area contributed by atoms with Crippen molar-refractivity contribution in [3.63, 3.8) is 0 Å². The summed E-state index contributed by atoms with van der Waals surface area (Å²) in [5.41, 5.74) is 0.603. The first-order valence-electron chi connectivity index (χ1n) is 2.93. The van der Waals surface area contributed by atoms with E-state index in [1.807, 2.05) is 0 Å². The summed E-state index contributed by atoms with van der Waals surface area (Å²) in [5.74, 6) is 0.337. The molecular weight excluding hydrogens is 142 g/mol. The molecule has 0 amide bonds. The van der Waals surface area contributed by atoms with E-state index < -0.39 is 0 Å². The van der Waals surface area contributed by atoms with E-state index in [9.17, 15) is 0 Å². The number of aromatic amines is 1. The van der Waals surface area contributed by atoms with Gasteiger partial charge in [0.25, 0.3) is 5.82 Å². The first-order chi connectivity index (χ1) is 5.42. The molecular formula is C6H3N5. The molecule has 0 aliphatic rings. The third-order valence-corrected chi connectivity index (χ3v) is 1.33. The van der Waals surface area contributed by atoms with Crippen molar-refractivity contribution in [2.75, 3.05) is 0 Å². The molecule has 52 valence electrons. The molecule has 0 aliphatic carbocycles. The highest BCUT2D eigenvalue weighted by Gasteiger charge is 2.03. The van der Waals surface area contributed by atoms with Crippen LogP contribution in [-0.2, 0) is 0 Å². The van der Waals surface area contributed by atoms with Crippen molar-refractivity contribution in [3.05, 3.63) is 23.9 Å². The Balaban J connectivity index is 2.92. The molecule has 5 heteroatoms. The van der Waals surface area contributed by atoms with Gasteiger partial charge in [0.2, 0.25) is 6.33 Å². The number of hydrogen-bond acceptors (Lipinski definition) is 3. The Kier molecular flexibility index (Phi) is 1.07. The number of aromatic nitrogens is 4. The molecule has 0 spiro atoms. The van der Waals surface area contributed by atoms with Crippen LogP contribution in [0.1, 0.15) is 0 Å². The number of fused-ring (bicyclic) bond motifs is 1. The highest BCUT2D eigenvalue weighted by molar-refractivity contribution is 5.85. The quantitative estimate of drug-likeness (QED) is 0.560. The van der Waals surface area contributed by atoms with Crippen molar-refractivity contribution in [1.82, 2.24) is 20.2 Å². The summed E-state index contributed by atoms with van der Waals surface area (Å²) in [6.07, 6.45) is 2.89. The zero-order valence-electron chi connectivity index (χ0n) is 5.44. The zero-order chi connectivity index (χ0) is 7.68. The molecule has 2 aromatic rings. The number of nitrogens with one attached hydrogen (secondary N) is 1. The first-order valence-corrected chi connectivity index (χ1v) is 2.93. The van der Waals surface area contributed by atoms with E-state index in [2.05, 4.69) is 25.0 Å². The lowest BCUT2D eigenvalue weighted by molar-refractivity contribution is 1.09. The summed E-state index contributed by atoms with van der Waals surface area (Å²) in [5, 5.41) is 7.06.